The van der Waals surface area contributed by atoms with Gasteiger partial charge in [0.15, 0.2) is 0 Å². The van der Waals surface area contributed by atoms with E-state index in [-0.39, 0.29) is 12.5 Å². The number of hydrogen-bond acceptors (Lipinski definition) is 4. The van der Waals surface area contributed by atoms with Gasteiger partial charge in [0.1, 0.15) is 6.54 Å². The van der Waals surface area contributed by atoms with Crippen LogP contribution in [0.4, 0.5) is 5.69 Å². The second kappa shape index (κ2) is 8.63. The monoisotopic (exact) mass is 378 g/mol. The molecule has 0 saturated carbocycles. The number of anilines is 1. The van der Waals surface area contributed by atoms with Crippen LogP contribution in [0.5, 0.6) is 0 Å². The van der Waals surface area contributed by atoms with Gasteiger partial charge in [-0.25, -0.2) is 4.79 Å². The van der Waals surface area contributed by atoms with Crippen LogP contribution >= 0.6 is 0 Å². The summed E-state index contributed by atoms with van der Waals surface area (Å²) in [5.74, 6) is -0.835. The van der Waals surface area contributed by atoms with Crippen molar-refractivity contribution in [2.75, 3.05) is 5.32 Å². The van der Waals surface area contributed by atoms with E-state index in [1.165, 1.54) is 6.20 Å². The molecule has 0 saturated heterocycles. The Labute approximate surface area is 159 Å². The van der Waals surface area contributed by atoms with Crippen molar-refractivity contribution in [1.82, 2.24) is 14.9 Å². The molecular formula is C20H18N4O4. The fourth-order valence-corrected chi connectivity index (χ4v) is 2.58. The number of benzene rings is 2. The van der Waals surface area contributed by atoms with Gasteiger partial charge in [-0.1, -0.05) is 42.5 Å². The van der Waals surface area contributed by atoms with Crippen LogP contribution in [0.1, 0.15) is 15.9 Å². The fourth-order valence-electron chi connectivity index (χ4n) is 2.58. The van der Waals surface area contributed by atoms with Gasteiger partial charge in [-0.3, -0.25) is 23.9 Å². The maximum absolute atomic E-state index is 12.5. The molecule has 0 radical (unpaired) electrons. The van der Waals surface area contributed by atoms with Crippen LogP contribution in [0.3, 0.4) is 0 Å². The van der Waals surface area contributed by atoms with E-state index in [2.05, 4.69) is 15.6 Å². The Hall–Kier alpha value is -3.94. The lowest BCUT2D eigenvalue weighted by Crippen LogP contribution is -2.33. The molecule has 0 aliphatic rings. The molecule has 3 N–H and O–H groups in total. The van der Waals surface area contributed by atoms with E-state index >= 15 is 0 Å². The molecule has 0 unspecified atom stereocenters. The highest BCUT2D eigenvalue weighted by atomic mass is 16.2. The summed E-state index contributed by atoms with van der Waals surface area (Å²) in [5.41, 5.74) is 0.365. The molecule has 0 aliphatic heterocycles. The summed E-state index contributed by atoms with van der Waals surface area (Å²) in [7, 11) is 0. The number of rotatable bonds is 6. The summed E-state index contributed by atoms with van der Waals surface area (Å²) in [5, 5.41) is 5.44. The summed E-state index contributed by atoms with van der Waals surface area (Å²) in [6, 6.07) is 17.2. The van der Waals surface area contributed by atoms with Gasteiger partial charge in [0, 0.05) is 18.8 Å². The van der Waals surface area contributed by atoms with Gasteiger partial charge in [0.2, 0.25) is 5.91 Å². The molecule has 3 aromatic rings. The van der Waals surface area contributed by atoms with Crippen molar-refractivity contribution in [2.24, 2.45) is 0 Å². The number of amides is 2. The molecule has 0 atom stereocenters. The van der Waals surface area contributed by atoms with Crippen LogP contribution in [-0.2, 0) is 17.9 Å². The number of nitrogens with one attached hydrogen (secondary N) is 3. The molecule has 2 amide bonds. The van der Waals surface area contributed by atoms with Crippen molar-refractivity contribution in [3.63, 3.8) is 0 Å². The van der Waals surface area contributed by atoms with E-state index in [4.69, 9.17) is 0 Å². The third-order valence-corrected chi connectivity index (χ3v) is 3.95. The lowest BCUT2D eigenvalue weighted by molar-refractivity contribution is -0.116. The predicted octanol–water partition coefficient (Wildman–Crippen LogP) is 1.11. The Balaban J connectivity index is 1.69. The summed E-state index contributed by atoms with van der Waals surface area (Å²) >= 11 is 0. The molecule has 1 aromatic heterocycles. The van der Waals surface area contributed by atoms with Crippen LogP contribution < -0.4 is 21.9 Å². The SMILES string of the molecule is O=C(Cn1ccc(=O)[nH]c1=O)Nc1ccccc1C(=O)NCc1ccccc1. The molecule has 3 rings (SSSR count). The Morgan fingerprint density at radius 1 is 0.929 bits per heavy atom. The topological polar surface area (TPSA) is 113 Å². The van der Waals surface area contributed by atoms with Crippen LogP contribution in [0, 0.1) is 0 Å². The standard InChI is InChI=1S/C20H18N4O4/c25-17-10-11-24(20(28)23-17)13-18(26)22-16-9-5-4-8-15(16)19(27)21-12-14-6-2-1-3-7-14/h1-11H,12-13H2,(H,21,27)(H,22,26)(H,23,25,28). The summed E-state index contributed by atoms with van der Waals surface area (Å²) in [4.78, 5) is 49.6. The van der Waals surface area contributed by atoms with Gasteiger partial charge in [0.05, 0.1) is 11.3 Å². The highest BCUT2D eigenvalue weighted by Crippen LogP contribution is 2.15. The Kier molecular flexibility index (Phi) is 5.81. The quantitative estimate of drug-likeness (QED) is 0.596. The number of nitrogens with zero attached hydrogens (tertiary/aromatic N) is 1. The van der Waals surface area contributed by atoms with Crippen LogP contribution in [-0.4, -0.2) is 21.4 Å². The Morgan fingerprint density at radius 3 is 2.39 bits per heavy atom. The van der Waals surface area contributed by atoms with Gasteiger partial charge in [-0.15, -0.1) is 0 Å². The summed E-state index contributed by atoms with van der Waals surface area (Å²) in [6.07, 6.45) is 1.24. The Bertz CT molecular complexity index is 1100. The van der Waals surface area contributed by atoms with E-state index < -0.39 is 17.2 Å². The minimum absolute atomic E-state index is 0.296. The minimum atomic E-state index is -0.684. The minimum Gasteiger partial charge on any atom is -0.348 e. The first-order valence-electron chi connectivity index (χ1n) is 8.54. The van der Waals surface area contributed by atoms with Crippen molar-refractivity contribution in [1.29, 1.82) is 0 Å². The molecule has 8 nitrogen and oxygen atoms in total. The third kappa shape index (κ3) is 4.82. The van der Waals surface area contributed by atoms with Gasteiger partial charge in [-0.2, -0.15) is 0 Å². The van der Waals surface area contributed by atoms with Crippen molar-refractivity contribution in [2.45, 2.75) is 13.1 Å². The van der Waals surface area contributed by atoms with Crippen molar-refractivity contribution in [3.05, 3.63) is 98.8 Å². The summed E-state index contributed by atoms with van der Waals surface area (Å²) in [6.45, 7) is 0.0598. The van der Waals surface area contributed by atoms with E-state index in [9.17, 15) is 19.2 Å². The molecule has 1 heterocycles. The maximum atomic E-state index is 12.5. The first kappa shape index (κ1) is 18.8. The molecule has 2 aromatic carbocycles. The zero-order valence-corrected chi connectivity index (χ0v) is 14.8. The molecule has 8 heteroatoms. The molecular weight excluding hydrogens is 360 g/mol. The molecule has 0 bridgehead atoms. The number of hydrogen-bond donors (Lipinski definition) is 3. The lowest BCUT2D eigenvalue weighted by Gasteiger charge is -2.12. The highest BCUT2D eigenvalue weighted by molar-refractivity contribution is 6.03. The highest BCUT2D eigenvalue weighted by Gasteiger charge is 2.13. The smallest absolute Gasteiger partial charge is 0.328 e. The number of para-hydroxylation sites is 1. The molecule has 28 heavy (non-hydrogen) atoms. The first-order chi connectivity index (χ1) is 13.5. The van der Waals surface area contributed by atoms with Crippen LogP contribution in [0.15, 0.2) is 76.4 Å². The average molecular weight is 378 g/mol. The van der Waals surface area contributed by atoms with E-state index in [1.807, 2.05) is 30.3 Å². The van der Waals surface area contributed by atoms with Crippen LogP contribution in [0.25, 0.3) is 0 Å². The van der Waals surface area contributed by atoms with Gasteiger partial charge in [0.25, 0.3) is 11.5 Å². The number of carbonyl (C=O) groups is 2. The largest absolute Gasteiger partial charge is 0.348 e. The van der Waals surface area contributed by atoms with E-state index in [1.54, 1.807) is 24.3 Å². The number of carbonyl (C=O) groups excluding carboxylic acids is 2. The van der Waals surface area contributed by atoms with Gasteiger partial charge >= 0.3 is 5.69 Å². The second-order valence-electron chi connectivity index (χ2n) is 6.00. The van der Waals surface area contributed by atoms with Crippen molar-refractivity contribution >= 4 is 17.5 Å². The number of H-pyrrole nitrogens is 1. The molecule has 0 aliphatic carbocycles. The average Bonchev–Trinajstić information content (AvgIpc) is 2.69. The van der Waals surface area contributed by atoms with Crippen molar-refractivity contribution < 1.29 is 9.59 Å². The zero-order valence-electron chi connectivity index (χ0n) is 14.8. The molecule has 0 spiro atoms. The maximum Gasteiger partial charge on any atom is 0.328 e. The lowest BCUT2D eigenvalue weighted by atomic mass is 10.1. The molecule has 142 valence electrons. The van der Waals surface area contributed by atoms with Crippen molar-refractivity contribution in [3.8, 4) is 0 Å². The Morgan fingerprint density at radius 2 is 1.64 bits per heavy atom. The second-order valence-corrected chi connectivity index (χ2v) is 6.00. The number of aromatic amines is 1. The first-order valence-corrected chi connectivity index (χ1v) is 8.54. The van der Waals surface area contributed by atoms with Gasteiger partial charge < -0.3 is 10.6 Å². The van der Waals surface area contributed by atoms with E-state index in [0.29, 0.717) is 17.8 Å². The molecule has 0 fully saturated rings. The zero-order chi connectivity index (χ0) is 19.9. The third-order valence-electron chi connectivity index (χ3n) is 3.95. The van der Waals surface area contributed by atoms with E-state index in [0.717, 1.165) is 16.2 Å². The van der Waals surface area contributed by atoms with Gasteiger partial charge in [-0.05, 0) is 17.7 Å². The van der Waals surface area contributed by atoms with Crippen LogP contribution in [0.2, 0.25) is 0 Å². The predicted molar refractivity (Wildman–Crippen MR) is 104 cm³/mol. The normalized spacial score (nSPS) is 10.3. The number of aromatic nitrogens is 2. The summed E-state index contributed by atoms with van der Waals surface area (Å²) < 4.78 is 1.06. The fraction of sp³-hybridized carbons (Fsp3) is 0.100.